The maximum Gasteiger partial charge on any atom is 0.200 e. The van der Waals surface area contributed by atoms with E-state index in [0.29, 0.717) is 0 Å². The Morgan fingerprint density at radius 3 is 1.75 bits per heavy atom. The van der Waals surface area contributed by atoms with Crippen LogP contribution in [0.25, 0.3) is 0 Å². The Bertz CT molecular complexity index is 415. The lowest BCUT2D eigenvalue weighted by Gasteiger charge is -2.04. The quantitative estimate of drug-likeness (QED) is 0.550. The predicted molar refractivity (Wildman–Crippen MR) is 60.2 cm³/mol. The Kier molecular flexibility index (Phi) is 4.95. The summed E-state index contributed by atoms with van der Waals surface area (Å²) in [6, 6.07) is 0. The van der Waals surface area contributed by atoms with Crippen LogP contribution in [0.15, 0.2) is 72.8 Å². The minimum atomic E-state index is -1.50. The molecule has 0 aromatic rings. The number of rotatable bonds is 5. The lowest BCUT2D eigenvalue weighted by molar-refractivity contribution is 0.381. The number of halogens is 2. The maximum atomic E-state index is 13.2. The van der Waals surface area contributed by atoms with E-state index in [1.807, 2.05) is 0 Å². The third-order valence-corrected chi connectivity index (χ3v) is 1.58. The second-order valence-corrected chi connectivity index (χ2v) is 2.90. The molecule has 2 N–H and O–H groups in total. The fraction of sp³-hybridized carbons (Fsp3) is 0. The average molecular weight is 226 g/mol. The van der Waals surface area contributed by atoms with Crippen LogP contribution in [-0.2, 0) is 0 Å². The number of aliphatic hydroxyl groups excluding tert-OH is 2. The van der Waals surface area contributed by atoms with E-state index in [4.69, 9.17) is 10.2 Å². The van der Waals surface area contributed by atoms with Gasteiger partial charge in [0.2, 0.25) is 0 Å². The summed E-state index contributed by atoms with van der Waals surface area (Å²) >= 11 is 0. The zero-order chi connectivity index (χ0) is 12.9. The van der Waals surface area contributed by atoms with E-state index in [0.717, 1.165) is 6.08 Å². The van der Waals surface area contributed by atoms with Crippen molar-refractivity contribution >= 4 is 0 Å². The summed E-state index contributed by atoms with van der Waals surface area (Å²) in [5.74, 6) is -4.14. The van der Waals surface area contributed by atoms with Crippen molar-refractivity contribution < 1.29 is 19.0 Å². The first kappa shape index (κ1) is 13.9. The molecule has 0 unspecified atom stereocenters. The Labute approximate surface area is 92.5 Å². The summed E-state index contributed by atoms with van der Waals surface area (Å²) in [5, 5.41) is 17.4. The highest BCUT2D eigenvalue weighted by molar-refractivity contribution is 5.49. The molecule has 0 aliphatic rings. The number of hydrogen-bond acceptors (Lipinski definition) is 2. The fourth-order valence-electron chi connectivity index (χ4n) is 0.697. The van der Waals surface area contributed by atoms with Gasteiger partial charge in [-0.1, -0.05) is 32.4 Å². The van der Waals surface area contributed by atoms with Crippen molar-refractivity contribution in [1.82, 2.24) is 0 Å². The smallest absolute Gasteiger partial charge is 0.200 e. The van der Waals surface area contributed by atoms with Crippen molar-refractivity contribution in [2.24, 2.45) is 0 Å². The summed E-state index contributed by atoms with van der Waals surface area (Å²) in [5.41, 5.74) is -0.325. The molecular weight excluding hydrogens is 214 g/mol. The third-order valence-electron chi connectivity index (χ3n) is 1.58. The summed E-state index contributed by atoms with van der Waals surface area (Å²) < 4.78 is 26.1. The van der Waals surface area contributed by atoms with Crippen LogP contribution in [0, 0.1) is 0 Å². The van der Waals surface area contributed by atoms with Crippen molar-refractivity contribution in [3.63, 3.8) is 0 Å². The molecule has 0 aliphatic heterocycles. The van der Waals surface area contributed by atoms with Gasteiger partial charge in [-0.2, -0.15) is 4.39 Å². The lowest BCUT2D eigenvalue weighted by Crippen LogP contribution is -1.90. The molecule has 0 heterocycles. The standard InChI is InChI=1S/C12H12F2O2/c1-7(5-6-8(2)15)9(3)11(13)12(14)10(4)16/h5-6,15-16H,1-4H2/b6-5-,12-11-. The largest absolute Gasteiger partial charge is 0.509 e. The molecular formula is C12H12F2O2. The molecule has 0 atom stereocenters. The second-order valence-electron chi connectivity index (χ2n) is 2.90. The van der Waals surface area contributed by atoms with Crippen LogP contribution >= 0.6 is 0 Å². The van der Waals surface area contributed by atoms with Gasteiger partial charge >= 0.3 is 0 Å². The van der Waals surface area contributed by atoms with Crippen molar-refractivity contribution in [3.8, 4) is 0 Å². The van der Waals surface area contributed by atoms with Gasteiger partial charge < -0.3 is 10.2 Å². The van der Waals surface area contributed by atoms with Gasteiger partial charge in [-0.15, -0.1) is 0 Å². The van der Waals surface area contributed by atoms with Crippen LogP contribution in [0.1, 0.15) is 0 Å². The number of aliphatic hydroxyl groups is 2. The summed E-state index contributed by atoms with van der Waals surface area (Å²) in [4.78, 5) is 0. The predicted octanol–water partition coefficient (Wildman–Crippen LogP) is 3.95. The molecule has 0 spiro atoms. The maximum absolute atomic E-state index is 13.2. The molecule has 0 bridgehead atoms. The molecule has 0 aliphatic carbocycles. The molecule has 0 rings (SSSR count). The average Bonchev–Trinajstić information content (AvgIpc) is 2.22. The molecule has 0 aromatic heterocycles. The van der Waals surface area contributed by atoms with Gasteiger partial charge in [0.1, 0.15) is 11.5 Å². The van der Waals surface area contributed by atoms with Crippen molar-refractivity contribution in [2.45, 2.75) is 0 Å². The van der Waals surface area contributed by atoms with Crippen LogP contribution in [0.3, 0.4) is 0 Å². The lowest BCUT2D eigenvalue weighted by atomic mass is 10.1. The summed E-state index contributed by atoms with van der Waals surface area (Å²) in [7, 11) is 0. The Morgan fingerprint density at radius 1 is 0.875 bits per heavy atom. The monoisotopic (exact) mass is 226 g/mol. The normalized spacial score (nSPS) is 12.1. The first-order chi connectivity index (χ1) is 7.27. The van der Waals surface area contributed by atoms with Crippen LogP contribution in [0.5, 0.6) is 0 Å². The van der Waals surface area contributed by atoms with Gasteiger partial charge in [-0.25, -0.2) is 4.39 Å². The molecule has 2 nitrogen and oxygen atoms in total. The van der Waals surface area contributed by atoms with Gasteiger partial charge in [0.25, 0.3) is 0 Å². The molecule has 0 radical (unpaired) electrons. The van der Waals surface area contributed by atoms with Gasteiger partial charge in [0, 0.05) is 5.57 Å². The van der Waals surface area contributed by atoms with Crippen LogP contribution in [0.2, 0.25) is 0 Å². The van der Waals surface area contributed by atoms with Crippen LogP contribution in [0.4, 0.5) is 8.78 Å². The SMILES string of the molecule is C=C(O)/C=C\C(=C)C(=C)/C(F)=C(/F)C(=C)O. The molecule has 16 heavy (non-hydrogen) atoms. The second kappa shape index (κ2) is 5.70. The molecule has 86 valence electrons. The molecule has 0 aromatic carbocycles. The van der Waals surface area contributed by atoms with Gasteiger partial charge in [-0.3, -0.25) is 0 Å². The molecule has 4 heteroatoms. The van der Waals surface area contributed by atoms with Crippen LogP contribution < -0.4 is 0 Å². The van der Waals surface area contributed by atoms with E-state index in [1.54, 1.807) is 0 Å². The Balaban J connectivity index is 4.96. The van der Waals surface area contributed by atoms with Crippen molar-refractivity contribution in [1.29, 1.82) is 0 Å². The highest BCUT2D eigenvalue weighted by Gasteiger charge is 2.13. The number of allylic oxidation sites excluding steroid dienone is 6. The van der Waals surface area contributed by atoms with Crippen LogP contribution in [-0.4, -0.2) is 10.2 Å². The first-order valence-corrected chi connectivity index (χ1v) is 4.15. The first-order valence-electron chi connectivity index (χ1n) is 4.15. The van der Waals surface area contributed by atoms with Gasteiger partial charge in [0.15, 0.2) is 11.7 Å². The van der Waals surface area contributed by atoms with Crippen molar-refractivity contribution in [2.75, 3.05) is 0 Å². The Hall–Kier alpha value is -2.10. The highest BCUT2D eigenvalue weighted by atomic mass is 19.2. The number of hydrogen-bond donors (Lipinski definition) is 2. The zero-order valence-corrected chi connectivity index (χ0v) is 8.63. The fourth-order valence-corrected chi connectivity index (χ4v) is 0.697. The van der Waals surface area contributed by atoms with E-state index < -0.39 is 17.4 Å². The van der Waals surface area contributed by atoms with Gasteiger partial charge in [0.05, 0.1) is 0 Å². The van der Waals surface area contributed by atoms with Crippen molar-refractivity contribution in [3.05, 3.63) is 72.8 Å². The van der Waals surface area contributed by atoms with E-state index in [9.17, 15) is 8.78 Å². The minimum Gasteiger partial charge on any atom is -0.509 e. The highest BCUT2D eigenvalue weighted by Crippen LogP contribution is 2.25. The summed E-state index contributed by atoms with van der Waals surface area (Å²) in [6.45, 7) is 12.6. The van der Waals surface area contributed by atoms with E-state index in [1.165, 1.54) is 6.08 Å². The zero-order valence-electron chi connectivity index (χ0n) is 8.63. The third kappa shape index (κ3) is 3.96. The topological polar surface area (TPSA) is 40.5 Å². The molecule has 0 fully saturated rings. The molecule has 0 saturated heterocycles. The van der Waals surface area contributed by atoms with E-state index in [-0.39, 0.29) is 16.9 Å². The van der Waals surface area contributed by atoms with E-state index >= 15 is 0 Å². The Morgan fingerprint density at radius 2 is 1.38 bits per heavy atom. The minimum absolute atomic E-state index is 0.0316. The molecule has 0 saturated carbocycles. The molecule has 0 amide bonds. The van der Waals surface area contributed by atoms with E-state index in [2.05, 4.69) is 26.3 Å². The summed E-state index contributed by atoms with van der Waals surface area (Å²) in [6.07, 6.45) is 2.35. The van der Waals surface area contributed by atoms with Gasteiger partial charge in [-0.05, 0) is 11.6 Å².